The average Bonchev–Trinajstić information content (AvgIpc) is 3.48. The van der Waals surface area contributed by atoms with Crippen LogP contribution in [0.3, 0.4) is 0 Å². The zero-order chi connectivity index (χ0) is 60.0. The molecular weight excluding hydrogens is 1030 g/mol. The summed E-state index contributed by atoms with van der Waals surface area (Å²) >= 11 is 0. The van der Waals surface area contributed by atoms with Gasteiger partial charge in [0.25, 0.3) is 0 Å². The van der Waals surface area contributed by atoms with Crippen LogP contribution in [0.5, 0.6) is 0 Å². The van der Waals surface area contributed by atoms with Crippen LogP contribution >= 0.6 is 0 Å². The molecule has 81 heavy (non-hydrogen) atoms. The molecule has 15 heteroatoms. The van der Waals surface area contributed by atoms with Crippen LogP contribution in [0.25, 0.3) is 0 Å². The molecule has 1 fully saturated rings. The van der Waals surface area contributed by atoms with Crippen molar-refractivity contribution in [2.45, 2.75) is 255 Å². The van der Waals surface area contributed by atoms with Gasteiger partial charge in [0, 0.05) is 37.0 Å². The summed E-state index contributed by atoms with van der Waals surface area (Å²) in [5.41, 5.74) is 5.54. The Bertz CT molecular complexity index is 1950. The Labute approximate surface area is 486 Å². The normalized spacial score (nSPS) is 32.1. The number of ether oxygens (including phenoxy) is 2. The first-order valence-electron chi connectivity index (χ1n) is 30.6. The first kappa shape index (κ1) is 73.4. The van der Waals surface area contributed by atoms with Crippen LogP contribution in [0.2, 0.25) is 0 Å². The summed E-state index contributed by atoms with van der Waals surface area (Å²) in [6, 6.07) is 0. The van der Waals surface area contributed by atoms with Crippen molar-refractivity contribution in [3.63, 3.8) is 0 Å². The molecule has 15 nitrogen and oxygen atoms in total. The van der Waals surface area contributed by atoms with E-state index in [0.717, 1.165) is 25.7 Å². The molecule has 2 rings (SSSR count). The summed E-state index contributed by atoms with van der Waals surface area (Å²) in [4.78, 5) is 26.3. The second kappa shape index (κ2) is 43.0. The number of carbonyl (C=O) groups is 2. The van der Waals surface area contributed by atoms with E-state index in [1.54, 1.807) is 44.2 Å². The number of fused-ring (bicyclic) bond motifs is 2. The van der Waals surface area contributed by atoms with E-state index in [4.69, 9.17) is 15.2 Å². The number of cyclic esters (lactones) is 1. The summed E-state index contributed by atoms with van der Waals surface area (Å²) in [6.07, 6.45) is 31.7. The van der Waals surface area contributed by atoms with Crippen LogP contribution in [-0.2, 0) is 19.1 Å². The molecule has 1 saturated heterocycles. The topological polar surface area (TPSA) is 281 Å². The molecule has 17 atom stereocenters. The van der Waals surface area contributed by atoms with Crippen molar-refractivity contribution < 1.29 is 70.1 Å². The van der Waals surface area contributed by atoms with E-state index in [0.29, 0.717) is 89.5 Å². The van der Waals surface area contributed by atoms with E-state index in [-0.39, 0.29) is 69.0 Å². The number of aliphatic hydroxyl groups excluding tert-OH is 9. The van der Waals surface area contributed by atoms with E-state index in [1.165, 1.54) is 6.08 Å². The van der Waals surface area contributed by atoms with Crippen LogP contribution < -0.4 is 5.73 Å². The predicted molar refractivity (Wildman–Crippen MR) is 322 cm³/mol. The van der Waals surface area contributed by atoms with Crippen molar-refractivity contribution in [1.82, 2.24) is 0 Å². The number of ketones is 1. The molecule has 0 spiro atoms. The largest absolute Gasteiger partial charge is 0.458 e. The lowest BCUT2D eigenvalue weighted by Gasteiger charge is -2.42. The van der Waals surface area contributed by atoms with Crippen molar-refractivity contribution in [2.24, 2.45) is 35.3 Å². The summed E-state index contributed by atoms with van der Waals surface area (Å²) < 4.78 is 12.0. The van der Waals surface area contributed by atoms with Gasteiger partial charge in [-0.15, -0.1) is 6.58 Å². The minimum absolute atomic E-state index is 0.0118. The van der Waals surface area contributed by atoms with Crippen molar-refractivity contribution in [2.75, 3.05) is 6.54 Å². The van der Waals surface area contributed by atoms with E-state index in [1.807, 2.05) is 73.8 Å². The molecule has 0 aliphatic carbocycles. The minimum atomic E-state index is -1.73. The standard InChI is InChI=1S/C66H109NO14/c1-6-7-24-48(2)36-41-63(76)52-26-19-34-62(75)51(5)65(78)49(3)25-17-15-13-11-9-8-10-12-14-16-18-35-64(77)80-60(32-21-29-53(68)27-20-28-54(69)31-23-42-67)45-58(73)44-57(72)43-56(71)30-22-33-61-46-59(74)47-66(79,81-61)50(4)37-39-55(70)40-38-52/h6,8-15,17,19,21,25,32,34,37,39,48-61,63,65,68-74,76,78-79H,1,7,16,18,20,22-24,26-31,33,35-36,38,40-47,67H2,2-5H3/b10-8?,11-9?,14-12?,15-13?,25-17?,32-21+,34-19?,39-37?. The number of rotatable bonds is 17. The maximum Gasteiger partial charge on any atom is 0.306 e. The SMILES string of the molecule is C=CCCC(C)CCC(O)C1CC=CC(=O)C(C)C(O)C(C)C=CC=CC=CC=CC=CCCCC(=O)OC(/C=C/CC(O)CCCC(O)CCCN)CC(O)CC(O)CC(O)CCCC2CC(O)CC(O)(O2)C(C)C=CC(O)CC1. The van der Waals surface area contributed by atoms with Crippen molar-refractivity contribution >= 4 is 11.8 Å². The maximum absolute atomic E-state index is 13.3. The first-order valence-corrected chi connectivity index (χ1v) is 30.6. The van der Waals surface area contributed by atoms with E-state index in [2.05, 4.69) is 13.5 Å². The van der Waals surface area contributed by atoms with Crippen LogP contribution in [0.1, 0.15) is 182 Å². The molecule has 0 saturated carbocycles. The molecule has 0 aromatic rings. The van der Waals surface area contributed by atoms with Gasteiger partial charge in [-0.25, -0.2) is 0 Å². The lowest BCUT2D eigenvalue weighted by Crippen LogP contribution is -2.50. The van der Waals surface area contributed by atoms with Gasteiger partial charge in [0.1, 0.15) is 6.10 Å². The number of carbonyl (C=O) groups excluding carboxylic acids is 2. The van der Waals surface area contributed by atoms with E-state index >= 15 is 0 Å². The van der Waals surface area contributed by atoms with Crippen molar-refractivity contribution in [1.29, 1.82) is 0 Å². The molecule has 0 aromatic heterocycles. The minimum Gasteiger partial charge on any atom is -0.458 e. The van der Waals surface area contributed by atoms with E-state index in [9.17, 15) is 60.7 Å². The Hall–Kier alpha value is -3.68. The number of aliphatic hydroxyl groups is 10. The third-order valence-corrected chi connectivity index (χ3v) is 15.8. The maximum atomic E-state index is 13.3. The monoisotopic (exact) mass is 1140 g/mol. The van der Waals surface area contributed by atoms with Gasteiger partial charge in [-0.05, 0) is 165 Å². The highest BCUT2D eigenvalue weighted by atomic mass is 16.6. The van der Waals surface area contributed by atoms with Crippen molar-refractivity contribution in [3.05, 3.63) is 110 Å². The lowest BCUT2D eigenvalue weighted by molar-refractivity contribution is -0.289. The van der Waals surface area contributed by atoms with Crippen LogP contribution in [0.4, 0.5) is 0 Å². The number of allylic oxidation sites excluding steroid dienone is 12. The average molecular weight is 1140 g/mol. The molecule has 2 bridgehead atoms. The molecule has 462 valence electrons. The fourth-order valence-corrected chi connectivity index (χ4v) is 10.4. The summed E-state index contributed by atoms with van der Waals surface area (Å²) in [7, 11) is 0. The Morgan fingerprint density at radius 2 is 1.38 bits per heavy atom. The highest BCUT2D eigenvalue weighted by molar-refractivity contribution is 5.91. The molecule has 12 N–H and O–H groups in total. The third kappa shape index (κ3) is 34.0. The van der Waals surface area contributed by atoms with Gasteiger partial charge in [-0.2, -0.15) is 0 Å². The molecular formula is C66H109NO14. The zero-order valence-electron chi connectivity index (χ0n) is 49.6. The quantitative estimate of drug-likeness (QED) is 0.0479. The van der Waals surface area contributed by atoms with Crippen LogP contribution in [0.15, 0.2) is 110 Å². The summed E-state index contributed by atoms with van der Waals surface area (Å²) in [5, 5.41) is 110. The van der Waals surface area contributed by atoms with Crippen LogP contribution in [-0.4, -0.2) is 142 Å². The van der Waals surface area contributed by atoms with Crippen LogP contribution in [0, 0.1) is 29.6 Å². The second-order valence-corrected chi connectivity index (χ2v) is 23.4. The number of nitrogens with two attached hydrogens (primary N) is 1. The molecule has 2 aliphatic rings. The fourth-order valence-electron chi connectivity index (χ4n) is 10.4. The van der Waals surface area contributed by atoms with E-state index < -0.39 is 90.7 Å². The fraction of sp³-hybridized carbons (Fsp3) is 0.697. The van der Waals surface area contributed by atoms with Crippen molar-refractivity contribution in [3.8, 4) is 0 Å². The van der Waals surface area contributed by atoms with Gasteiger partial charge in [0.2, 0.25) is 0 Å². The Morgan fingerprint density at radius 1 is 0.716 bits per heavy atom. The summed E-state index contributed by atoms with van der Waals surface area (Å²) in [5.74, 6) is -3.88. The first-order chi connectivity index (χ1) is 38.7. The number of hydrogen-bond acceptors (Lipinski definition) is 15. The zero-order valence-corrected chi connectivity index (χ0v) is 49.6. The molecule has 17 unspecified atom stereocenters. The number of esters is 1. The third-order valence-electron chi connectivity index (χ3n) is 15.8. The molecule has 0 amide bonds. The van der Waals surface area contributed by atoms with Gasteiger partial charge < -0.3 is 66.3 Å². The van der Waals surface area contributed by atoms with Gasteiger partial charge in [-0.1, -0.05) is 119 Å². The predicted octanol–water partition coefficient (Wildman–Crippen LogP) is 8.93. The number of hydrogen-bond donors (Lipinski definition) is 11. The van der Waals surface area contributed by atoms with Gasteiger partial charge in [0.05, 0.1) is 61.0 Å². The van der Waals surface area contributed by atoms with Gasteiger partial charge in [0.15, 0.2) is 11.6 Å². The summed E-state index contributed by atoms with van der Waals surface area (Å²) in [6.45, 7) is 11.8. The molecule has 0 radical (unpaired) electrons. The highest BCUT2D eigenvalue weighted by Crippen LogP contribution is 2.36. The lowest BCUT2D eigenvalue weighted by atomic mass is 9.86. The second-order valence-electron chi connectivity index (χ2n) is 23.4. The highest BCUT2D eigenvalue weighted by Gasteiger charge is 2.43. The molecule has 2 aliphatic heterocycles. The molecule has 2 heterocycles. The smallest absolute Gasteiger partial charge is 0.306 e. The van der Waals surface area contributed by atoms with Gasteiger partial charge in [-0.3, -0.25) is 9.59 Å². The van der Waals surface area contributed by atoms with Gasteiger partial charge >= 0.3 is 5.97 Å². The Kier molecular flexibility index (Phi) is 39.0. The Morgan fingerprint density at radius 3 is 2.10 bits per heavy atom. The Balaban J connectivity index is 2.25. The molecule has 0 aromatic carbocycles.